The average Bonchev–Trinajstić information content (AvgIpc) is 2.60. The van der Waals surface area contributed by atoms with Gasteiger partial charge in [0.05, 0.1) is 21.3 Å². The number of amides is 1. The maximum Gasteiger partial charge on any atom is 0.259 e. The van der Waals surface area contributed by atoms with Gasteiger partial charge in [0.25, 0.3) is 5.91 Å². The van der Waals surface area contributed by atoms with Gasteiger partial charge in [-0.1, -0.05) is 29.3 Å². The minimum Gasteiger partial charge on any atom is -0.356 e. The summed E-state index contributed by atoms with van der Waals surface area (Å²) in [5.74, 6) is 0.491. The zero-order valence-corrected chi connectivity index (χ0v) is 14.1. The van der Waals surface area contributed by atoms with Crippen molar-refractivity contribution in [3.63, 3.8) is 0 Å². The minimum absolute atomic E-state index is 0.233. The van der Waals surface area contributed by atoms with Gasteiger partial charge in [-0.05, 0) is 43.5 Å². The van der Waals surface area contributed by atoms with Crippen LogP contribution in [0.4, 0.5) is 11.5 Å². The van der Waals surface area contributed by atoms with Crippen LogP contribution >= 0.6 is 23.2 Å². The Morgan fingerprint density at radius 1 is 1.09 bits per heavy atom. The molecule has 0 saturated carbocycles. The van der Waals surface area contributed by atoms with Gasteiger partial charge in [0, 0.05) is 19.3 Å². The molecule has 23 heavy (non-hydrogen) atoms. The van der Waals surface area contributed by atoms with Crippen molar-refractivity contribution in [2.24, 2.45) is 0 Å². The number of hydrogen-bond acceptors (Lipinski definition) is 3. The summed E-state index contributed by atoms with van der Waals surface area (Å²) in [6.07, 6.45) is 5.19. The zero-order chi connectivity index (χ0) is 16.2. The first kappa shape index (κ1) is 16.1. The van der Waals surface area contributed by atoms with E-state index in [1.165, 1.54) is 6.42 Å². The van der Waals surface area contributed by atoms with Crippen molar-refractivity contribution in [2.45, 2.75) is 19.3 Å². The Morgan fingerprint density at radius 3 is 2.65 bits per heavy atom. The molecule has 0 spiro atoms. The van der Waals surface area contributed by atoms with Crippen molar-refractivity contribution in [3.05, 3.63) is 52.1 Å². The van der Waals surface area contributed by atoms with Gasteiger partial charge < -0.3 is 10.2 Å². The summed E-state index contributed by atoms with van der Waals surface area (Å²) < 4.78 is 0. The number of rotatable bonds is 3. The fourth-order valence-electron chi connectivity index (χ4n) is 2.72. The molecule has 1 aliphatic heterocycles. The largest absolute Gasteiger partial charge is 0.356 e. The predicted molar refractivity (Wildman–Crippen MR) is 94.7 cm³/mol. The van der Waals surface area contributed by atoms with Gasteiger partial charge in [0.2, 0.25) is 0 Å². The summed E-state index contributed by atoms with van der Waals surface area (Å²) in [4.78, 5) is 19.2. The molecule has 1 fully saturated rings. The summed E-state index contributed by atoms with van der Waals surface area (Å²) in [5, 5.41) is 3.57. The molecule has 3 rings (SSSR count). The van der Waals surface area contributed by atoms with Crippen LogP contribution in [-0.4, -0.2) is 24.0 Å². The van der Waals surface area contributed by atoms with E-state index in [0.717, 1.165) is 31.7 Å². The molecule has 0 atom stereocenters. The van der Waals surface area contributed by atoms with Crippen LogP contribution < -0.4 is 10.2 Å². The molecule has 1 aliphatic rings. The second-order valence-corrected chi connectivity index (χ2v) is 6.26. The number of benzene rings is 1. The van der Waals surface area contributed by atoms with Crippen LogP contribution in [-0.2, 0) is 0 Å². The molecular formula is C17H17Cl2N3O. The van der Waals surface area contributed by atoms with Crippen LogP contribution in [0.25, 0.3) is 0 Å². The molecule has 1 N–H and O–H groups in total. The smallest absolute Gasteiger partial charge is 0.259 e. The molecule has 6 heteroatoms. The van der Waals surface area contributed by atoms with Gasteiger partial charge >= 0.3 is 0 Å². The molecule has 2 heterocycles. The molecule has 4 nitrogen and oxygen atoms in total. The maximum atomic E-state index is 12.7. The number of halogens is 2. The lowest BCUT2D eigenvalue weighted by Gasteiger charge is -2.29. The van der Waals surface area contributed by atoms with E-state index < -0.39 is 0 Å². The number of nitrogens with one attached hydrogen (secondary N) is 1. The number of carbonyl (C=O) groups is 1. The minimum atomic E-state index is -0.233. The van der Waals surface area contributed by atoms with E-state index in [-0.39, 0.29) is 5.91 Å². The third-order valence-electron chi connectivity index (χ3n) is 3.89. The van der Waals surface area contributed by atoms with Gasteiger partial charge in [-0.15, -0.1) is 0 Å². The Balaban J connectivity index is 1.86. The highest BCUT2D eigenvalue weighted by molar-refractivity contribution is 6.44. The third kappa shape index (κ3) is 3.59. The molecule has 2 aromatic rings. The summed E-state index contributed by atoms with van der Waals surface area (Å²) >= 11 is 12.1. The van der Waals surface area contributed by atoms with Crippen LogP contribution in [0.5, 0.6) is 0 Å². The molecule has 1 aromatic carbocycles. The number of nitrogens with zero attached hydrogens (tertiary/aromatic N) is 2. The standard InChI is InChI=1S/C17H17Cl2N3O/c18-13-7-4-8-14(15(13)19)21-17(23)12-6-5-9-20-16(12)22-10-2-1-3-11-22/h4-9H,1-3,10-11H2,(H,21,23). The monoisotopic (exact) mass is 349 g/mol. The van der Waals surface area contributed by atoms with Crippen molar-refractivity contribution in [2.75, 3.05) is 23.3 Å². The number of anilines is 2. The third-order valence-corrected chi connectivity index (χ3v) is 4.71. The van der Waals surface area contributed by atoms with Gasteiger partial charge in [-0.3, -0.25) is 4.79 Å². The summed E-state index contributed by atoms with van der Waals surface area (Å²) in [5.41, 5.74) is 1.04. The van der Waals surface area contributed by atoms with Crippen LogP contribution in [0, 0.1) is 0 Å². The Hall–Kier alpha value is -1.78. The van der Waals surface area contributed by atoms with Gasteiger partial charge in [0.15, 0.2) is 0 Å². The quantitative estimate of drug-likeness (QED) is 0.878. The molecule has 1 saturated heterocycles. The molecule has 0 aliphatic carbocycles. The van der Waals surface area contributed by atoms with Crippen molar-refractivity contribution in [3.8, 4) is 0 Å². The molecule has 1 aromatic heterocycles. The van der Waals surface area contributed by atoms with E-state index >= 15 is 0 Å². The van der Waals surface area contributed by atoms with Crippen LogP contribution in [0.15, 0.2) is 36.5 Å². The number of aromatic nitrogens is 1. The molecule has 0 unspecified atom stereocenters. The fourth-order valence-corrected chi connectivity index (χ4v) is 3.07. The van der Waals surface area contributed by atoms with E-state index in [2.05, 4.69) is 15.2 Å². The second-order valence-electron chi connectivity index (χ2n) is 5.48. The second kappa shape index (κ2) is 7.20. The maximum absolute atomic E-state index is 12.7. The van der Waals surface area contributed by atoms with Crippen molar-refractivity contribution < 1.29 is 4.79 Å². The highest BCUT2D eigenvalue weighted by Crippen LogP contribution is 2.30. The fraction of sp³-hybridized carbons (Fsp3) is 0.294. The molecular weight excluding hydrogens is 333 g/mol. The molecule has 0 radical (unpaired) electrons. The normalized spacial score (nSPS) is 14.6. The number of carbonyl (C=O) groups excluding carboxylic acids is 1. The van der Waals surface area contributed by atoms with E-state index in [1.54, 1.807) is 36.5 Å². The highest BCUT2D eigenvalue weighted by atomic mass is 35.5. The van der Waals surface area contributed by atoms with E-state index in [1.807, 2.05) is 0 Å². The number of pyridine rings is 1. The summed E-state index contributed by atoms with van der Waals surface area (Å²) in [6.45, 7) is 1.85. The Labute approximate surface area is 145 Å². The lowest BCUT2D eigenvalue weighted by atomic mass is 10.1. The molecule has 120 valence electrons. The highest BCUT2D eigenvalue weighted by Gasteiger charge is 2.20. The van der Waals surface area contributed by atoms with Gasteiger partial charge in [-0.25, -0.2) is 4.98 Å². The van der Waals surface area contributed by atoms with Gasteiger partial charge in [-0.2, -0.15) is 0 Å². The van der Waals surface area contributed by atoms with Crippen molar-refractivity contribution in [1.29, 1.82) is 0 Å². The van der Waals surface area contributed by atoms with Crippen LogP contribution in [0.3, 0.4) is 0 Å². The number of hydrogen-bond donors (Lipinski definition) is 1. The predicted octanol–water partition coefficient (Wildman–Crippen LogP) is 4.63. The SMILES string of the molecule is O=C(Nc1cccc(Cl)c1Cl)c1cccnc1N1CCCCC1. The van der Waals surface area contributed by atoms with Crippen molar-refractivity contribution in [1.82, 2.24) is 4.98 Å². The first-order valence-corrected chi connectivity index (χ1v) is 8.38. The Kier molecular flexibility index (Phi) is 5.03. The van der Waals surface area contributed by atoms with E-state index in [4.69, 9.17) is 23.2 Å². The molecule has 1 amide bonds. The lowest BCUT2D eigenvalue weighted by Crippen LogP contribution is -2.32. The van der Waals surface area contributed by atoms with E-state index in [0.29, 0.717) is 21.3 Å². The van der Waals surface area contributed by atoms with Crippen LogP contribution in [0.1, 0.15) is 29.6 Å². The number of piperidine rings is 1. The summed E-state index contributed by atoms with van der Waals surface area (Å²) in [7, 11) is 0. The first-order chi connectivity index (χ1) is 11.2. The Bertz CT molecular complexity index is 715. The topological polar surface area (TPSA) is 45.2 Å². The zero-order valence-electron chi connectivity index (χ0n) is 12.6. The van der Waals surface area contributed by atoms with Gasteiger partial charge in [0.1, 0.15) is 5.82 Å². The van der Waals surface area contributed by atoms with Crippen molar-refractivity contribution >= 4 is 40.6 Å². The average molecular weight is 350 g/mol. The first-order valence-electron chi connectivity index (χ1n) is 7.62. The van der Waals surface area contributed by atoms with Crippen LogP contribution in [0.2, 0.25) is 10.0 Å². The Morgan fingerprint density at radius 2 is 1.87 bits per heavy atom. The van der Waals surface area contributed by atoms with E-state index in [9.17, 15) is 4.79 Å². The lowest BCUT2D eigenvalue weighted by molar-refractivity contribution is 0.102. The summed E-state index contributed by atoms with van der Waals surface area (Å²) in [6, 6.07) is 8.71. The molecule has 0 bridgehead atoms.